The minimum Gasteiger partial charge on any atom is -0.351 e. The van der Waals surface area contributed by atoms with E-state index >= 15 is 0 Å². The van der Waals surface area contributed by atoms with Gasteiger partial charge in [0.05, 0.1) is 0 Å². The number of thioether (sulfide) groups is 1. The molecular weight excluding hydrogens is 296 g/mol. The van der Waals surface area contributed by atoms with E-state index in [1.54, 1.807) is 12.1 Å². The second-order valence-electron chi connectivity index (χ2n) is 5.74. The second-order valence-corrected chi connectivity index (χ2v) is 7.15. The van der Waals surface area contributed by atoms with Crippen LogP contribution in [0.2, 0.25) is 0 Å². The van der Waals surface area contributed by atoms with Crippen molar-refractivity contribution >= 4 is 29.3 Å². The molecule has 0 heterocycles. The summed E-state index contributed by atoms with van der Waals surface area (Å²) in [5.74, 6) is 0.744. The van der Waals surface area contributed by atoms with Gasteiger partial charge < -0.3 is 10.6 Å². The Morgan fingerprint density at radius 3 is 2.68 bits per heavy atom. The Bertz CT molecular complexity index is 539. The van der Waals surface area contributed by atoms with Crippen molar-refractivity contribution in [3.63, 3.8) is 0 Å². The molecule has 120 valence electrons. The first kappa shape index (κ1) is 16.9. The predicted octanol–water partition coefficient (Wildman–Crippen LogP) is 3.36. The van der Waals surface area contributed by atoms with Gasteiger partial charge in [-0.3, -0.25) is 9.59 Å². The zero-order valence-corrected chi connectivity index (χ0v) is 14.1. The highest BCUT2D eigenvalue weighted by molar-refractivity contribution is 7.99. The topological polar surface area (TPSA) is 58.2 Å². The molecule has 22 heavy (non-hydrogen) atoms. The monoisotopic (exact) mass is 320 g/mol. The van der Waals surface area contributed by atoms with Crippen molar-refractivity contribution in [2.45, 2.75) is 44.8 Å². The molecule has 0 unspecified atom stereocenters. The average Bonchev–Trinajstić information content (AvgIpc) is 2.98. The number of carbonyl (C=O) groups is 2. The van der Waals surface area contributed by atoms with Crippen LogP contribution in [-0.4, -0.2) is 29.4 Å². The fourth-order valence-corrected chi connectivity index (χ4v) is 3.85. The molecule has 2 amide bonds. The van der Waals surface area contributed by atoms with Crippen molar-refractivity contribution in [2.24, 2.45) is 0 Å². The molecule has 1 aromatic carbocycles. The van der Waals surface area contributed by atoms with E-state index in [1.807, 2.05) is 24.8 Å². The first-order valence-electron chi connectivity index (χ1n) is 7.84. The minimum absolute atomic E-state index is 0.0846. The molecule has 2 rings (SSSR count). The van der Waals surface area contributed by atoms with Gasteiger partial charge in [-0.2, -0.15) is 11.8 Å². The second kappa shape index (κ2) is 8.22. The van der Waals surface area contributed by atoms with Crippen molar-refractivity contribution in [3.8, 4) is 0 Å². The van der Waals surface area contributed by atoms with E-state index in [0.29, 0.717) is 17.8 Å². The largest absolute Gasteiger partial charge is 0.351 e. The summed E-state index contributed by atoms with van der Waals surface area (Å²) < 4.78 is 0. The number of hydrogen-bond acceptors (Lipinski definition) is 3. The maximum atomic E-state index is 12.2. The number of rotatable bonds is 6. The lowest BCUT2D eigenvalue weighted by Crippen LogP contribution is -2.26. The molecule has 0 atom stereocenters. The van der Waals surface area contributed by atoms with Gasteiger partial charge in [0.2, 0.25) is 5.91 Å². The van der Waals surface area contributed by atoms with Crippen LogP contribution in [0.1, 0.15) is 48.5 Å². The van der Waals surface area contributed by atoms with E-state index in [1.165, 1.54) is 32.6 Å². The zero-order valence-electron chi connectivity index (χ0n) is 13.3. The van der Waals surface area contributed by atoms with Gasteiger partial charge in [-0.25, -0.2) is 0 Å². The van der Waals surface area contributed by atoms with Crippen LogP contribution in [0.4, 0.5) is 5.69 Å². The van der Waals surface area contributed by atoms with E-state index in [2.05, 4.69) is 10.6 Å². The van der Waals surface area contributed by atoms with Gasteiger partial charge in [0.15, 0.2) is 0 Å². The summed E-state index contributed by atoms with van der Waals surface area (Å²) in [7, 11) is 0. The van der Waals surface area contributed by atoms with Crippen LogP contribution in [0.25, 0.3) is 0 Å². The van der Waals surface area contributed by atoms with Gasteiger partial charge >= 0.3 is 0 Å². The third-order valence-electron chi connectivity index (χ3n) is 3.85. The van der Waals surface area contributed by atoms with Gasteiger partial charge in [0.1, 0.15) is 0 Å². The number of amides is 2. The van der Waals surface area contributed by atoms with Crippen LogP contribution < -0.4 is 10.6 Å². The van der Waals surface area contributed by atoms with E-state index < -0.39 is 0 Å². The normalized spacial score (nSPS) is 14.8. The van der Waals surface area contributed by atoms with Gasteiger partial charge in [-0.05, 0) is 37.5 Å². The minimum atomic E-state index is -0.131. The van der Waals surface area contributed by atoms with Crippen molar-refractivity contribution in [3.05, 3.63) is 29.3 Å². The average molecular weight is 320 g/mol. The number of aryl methyl sites for hydroxylation is 1. The highest BCUT2D eigenvalue weighted by Gasteiger charge is 2.15. The molecular formula is C17H24N2O2S. The molecule has 1 aliphatic carbocycles. The molecule has 0 spiro atoms. The number of benzene rings is 1. The number of hydrogen-bond donors (Lipinski definition) is 2. The quantitative estimate of drug-likeness (QED) is 0.790. The molecule has 1 saturated carbocycles. The maximum absolute atomic E-state index is 12.2. The highest BCUT2D eigenvalue weighted by Crippen LogP contribution is 2.28. The fraction of sp³-hybridized carbons (Fsp3) is 0.529. The summed E-state index contributed by atoms with van der Waals surface area (Å²) >= 11 is 1.96. The van der Waals surface area contributed by atoms with Crippen LogP contribution >= 0.6 is 11.8 Å². The van der Waals surface area contributed by atoms with Crippen molar-refractivity contribution in [1.29, 1.82) is 0 Å². The third-order valence-corrected chi connectivity index (χ3v) is 5.24. The zero-order chi connectivity index (χ0) is 15.9. The Morgan fingerprint density at radius 2 is 2.00 bits per heavy atom. The third kappa shape index (κ3) is 5.05. The van der Waals surface area contributed by atoms with E-state index in [-0.39, 0.29) is 11.8 Å². The molecule has 0 bridgehead atoms. The lowest BCUT2D eigenvalue weighted by atomic mass is 10.1. The standard InChI is InChI=1S/C17H24N2O2S/c1-12-7-8-14(11-16(12)19-13(2)20)17(21)18-9-10-22-15-5-3-4-6-15/h7-8,11,15H,3-6,9-10H2,1-2H3,(H,18,21)(H,19,20). The van der Waals surface area contributed by atoms with Gasteiger partial charge in [0, 0.05) is 35.7 Å². The first-order valence-corrected chi connectivity index (χ1v) is 8.89. The molecule has 2 N–H and O–H groups in total. The summed E-state index contributed by atoms with van der Waals surface area (Å²) in [4.78, 5) is 23.3. The molecule has 0 saturated heterocycles. The van der Waals surface area contributed by atoms with Gasteiger partial charge in [0.25, 0.3) is 5.91 Å². The summed E-state index contributed by atoms with van der Waals surface area (Å²) in [6.07, 6.45) is 5.33. The number of nitrogens with one attached hydrogen (secondary N) is 2. The summed E-state index contributed by atoms with van der Waals surface area (Å²) in [5, 5.41) is 6.48. The Morgan fingerprint density at radius 1 is 1.27 bits per heavy atom. The molecule has 5 heteroatoms. The van der Waals surface area contributed by atoms with Crippen LogP contribution in [0.5, 0.6) is 0 Å². The molecule has 0 radical (unpaired) electrons. The molecule has 0 aliphatic heterocycles. The van der Waals surface area contributed by atoms with Crippen LogP contribution in [0.15, 0.2) is 18.2 Å². The van der Waals surface area contributed by atoms with Crippen molar-refractivity contribution in [1.82, 2.24) is 5.32 Å². The summed E-state index contributed by atoms with van der Waals surface area (Å²) in [6.45, 7) is 4.06. The van der Waals surface area contributed by atoms with Crippen molar-refractivity contribution < 1.29 is 9.59 Å². The lowest BCUT2D eigenvalue weighted by Gasteiger charge is -2.11. The van der Waals surface area contributed by atoms with Gasteiger partial charge in [-0.15, -0.1) is 0 Å². The lowest BCUT2D eigenvalue weighted by molar-refractivity contribution is -0.114. The summed E-state index contributed by atoms with van der Waals surface area (Å²) in [6, 6.07) is 5.38. The molecule has 0 aromatic heterocycles. The Balaban J connectivity index is 1.82. The maximum Gasteiger partial charge on any atom is 0.251 e. The van der Waals surface area contributed by atoms with E-state index in [4.69, 9.17) is 0 Å². The van der Waals surface area contributed by atoms with Crippen LogP contribution in [0, 0.1) is 6.92 Å². The number of anilines is 1. The Kier molecular flexibility index (Phi) is 6.31. The van der Waals surface area contributed by atoms with E-state index in [0.717, 1.165) is 16.6 Å². The van der Waals surface area contributed by atoms with Gasteiger partial charge in [-0.1, -0.05) is 18.9 Å². The molecule has 1 fully saturated rings. The van der Waals surface area contributed by atoms with Crippen molar-refractivity contribution in [2.75, 3.05) is 17.6 Å². The predicted molar refractivity (Wildman–Crippen MR) is 92.5 cm³/mol. The van der Waals surface area contributed by atoms with Crippen LogP contribution in [-0.2, 0) is 4.79 Å². The Labute approximate surface area is 136 Å². The fourth-order valence-electron chi connectivity index (χ4n) is 2.63. The molecule has 1 aliphatic rings. The molecule has 1 aromatic rings. The number of carbonyl (C=O) groups excluding carboxylic acids is 2. The molecule has 4 nitrogen and oxygen atoms in total. The van der Waals surface area contributed by atoms with E-state index in [9.17, 15) is 9.59 Å². The summed E-state index contributed by atoms with van der Waals surface area (Å²) in [5.41, 5.74) is 2.23. The SMILES string of the molecule is CC(=O)Nc1cc(C(=O)NCCSC2CCCC2)ccc1C. The highest BCUT2D eigenvalue weighted by atomic mass is 32.2. The smallest absolute Gasteiger partial charge is 0.251 e. The first-order chi connectivity index (χ1) is 10.6. The van der Waals surface area contributed by atoms with Crippen LogP contribution in [0.3, 0.4) is 0 Å². The Hall–Kier alpha value is -1.49.